The standard InChI is InChI=1S/C16H17N3O2.2C8H9N4.Os/c20-16(21)12-5-9-19(10-6-12)13-4-8-18-15(11-13)14-3-1-2-7-17-14;2*1-11-4-3-10-8(11)7-5-9-6-12(7)2;/h1-4,7-8,11-12H,5-6,9-10H2,(H,20,21);2*3-4,6H,1-2H3;/q;2*-1;+2. The molecule has 0 bridgehead atoms. The molecular weight excluding hydrogens is 761 g/mol. The molecule has 1 N–H and O–H groups in total. The second kappa shape index (κ2) is 15.9. The number of hydrogen-bond donors (Lipinski definition) is 1. The van der Waals surface area contributed by atoms with Crippen LogP contribution >= 0.6 is 0 Å². The van der Waals surface area contributed by atoms with Crippen LogP contribution in [0.2, 0.25) is 0 Å². The number of anilines is 1. The summed E-state index contributed by atoms with van der Waals surface area (Å²) in [5.41, 5.74) is 4.58. The molecule has 1 saturated heterocycles. The van der Waals surface area contributed by atoms with Crippen molar-refractivity contribution in [1.29, 1.82) is 0 Å². The number of piperidine rings is 1. The molecule has 1 fully saturated rings. The Hall–Kier alpha value is -4.95. The molecule has 6 aromatic heterocycles. The molecule has 0 unspecified atom stereocenters. The second-order valence-corrected chi connectivity index (χ2v) is 10.6. The zero-order valence-corrected chi connectivity index (χ0v) is 28.6. The number of carbonyl (C=O) groups is 1. The molecular formula is C32H35N11O2Os. The van der Waals surface area contributed by atoms with Crippen LogP contribution in [0.5, 0.6) is 0 Å². The Morgan fingerprint density at radius 2 is 1.30 bits per heavy atom. The Kier molecular flexibility index (Phi) is 11.7. The van der Waals surface area contributed by atoms with Crippen molar-refractivity contribution in [3.63, 3.8) is 0 Å². The first-order valence-corrected chi connectivity index (χ1v) is 14.4. The first-order valence-electron chi connectivity index (χ1n) is 14.4. The van der Waals surface area contributed by atoms with Crippen molar-refractivity contribution in [3.8, 4) is 34.4 Å². The van der Waals surface area contributed by atoms with Gasteiger partial charge in [0.25, 0.3) is 0 Å². The van der Waals surface area contributed by atoms with Crippen LogP contribution in [0.25, 0.3) is 34.4 Å². The van der Waals surface area contributed by atoms with Crippen LogP contribution in [0.1, 0.15) is 12.8 Å². The topological polar surface area (TPSA) is 138 Å². The van der Waals surface area contributed by atoms with E-state index in [1.165, 1.54) is 0 Å². The molecule has 0 aliphatic carbocycles. The maximum absolute atomic E-state index is 11.0. The number of carboxylic acids is 1. The number of imidazole rings is 4. The van der Waals surface area contributed by atoms with Crippen molar-refractivity contribution < 1.29 is 29.7 Å². The minimum atomic E-state index is -0.682. The van der Waals surface area contributed by atoms with E-state index in [-0.39, 0.29) is 25.7 Å². The van der Waals surface area contributed by atoms with Gasteiger partial charge >= 0.3 is 25.8 Å². The van der Waals surface area contributed by atoms with E-state index in [0.717, 1.165) is 53.2 Å². The third kappa shape index (κ3) is 8.20. The monoisotopic (exact) mass is 797 g/mol. The number of rotatable bonds is 5. The van der Waals surface area contributed by atoms with Crippen LogP contribution < -0.4 is 4.90 Å². The smallest absolute Gasteiger partial charge is 0.481 e. The molecule has 238 valence electrons. The van der Waals surface area contributed by atoms with E-state index in [9.17, 15) is 4.79 Å². The van der Waals surface area contributed by atoms with Crippen LogP contribution in [-0.4, -0.2) is 72.3 Å². The molecule has 0 aromatic carbocycles. The van der Waals surface area contributed by atoms with E-state index >= 15 is 0 Å². The minimum absolute atomic E-state index is 0. The van der Waals surface area contributed by atoms with Crippen LogP contribution in [0.3, 0.4) is 0 Å². The SMILES string of the molecule is Cn1cn[c-]c1-c1nccn1C.Cn1cn[c-]c1-c1nccn1C.O=C(O)C1CCN(c2ccnc(-c3ccccn3)c2)CC1.[Os+2]. The van der Waals surface area contributed by atoms with Gasteiger partial charge in [0.1, 0.15) is 0 Å². The number of pyridine rings is 2. The second-order valence-electron chi connectivity index (χ2n) is 10.6. The van der Waals surface area contributed by atoms with Gasteiger partial charge in [-0.2, -0.15) is 0 Å². The van der Waals surface area contributed by atoms with E-state index in [1.807, 2.05) is 89.2 Å². The summed E-state index contributed by atoms with van der Waals surface area (Å²) in [6.07, 6.45) is 21.4. The average Bonchev–Trinajstić information content (AvgIpc) is 3.88. The predicted octanol–water partition coefficient (Wildman–Crippen LogP) is 3.68. The summed E-state index contributed by atoms with van der Waals surface area (Å²) in [6.45, 7) is 1.53. The maximum atomic E-state index is 11.0. The van der Waals surface area contributed by atoms with Crippen LogP contribution in [-0.2, 0) is 52.8 Å². The van der Waals surface area contributed by atoms with E-state index < -0.39 is 5.97 Å². The van der Waals surface area contributed by atoms with Crippen LogP contribution in [0.4, 0.5) is 5.69 Å². The third-order valence-corrected chi connectivity index (χ3v) is 7.45. The maximum Gasteiger partial charge on any atom is 2.00 e. The Morgan fingerprint density at radius 1 is 0.739 bits per heavy atom. The van der Waals surface area contributed by atoms with E-state index in [0.29, 0.717) is 12.8 Å². The molecule has 0 radical (unpaired) electrons. The van der Waals surface area contributed by atoms with Gasteiger partial charge in [0, 0.05) is 70.1 Å². The van der Waals surface area contributed by atoms with Crippen molar-refractivity contribution in [3.05, 3.63) is 92.6 Å². The summed E-state index contributed by atoms with van der Waals surface area (Å²) < 4.78 is 7.66. The van der Waals surface area contributed by atoms with Crippen molar-refractivity contribution in [2.45, 2.75) is 12.8 Å². The number of aromatic nitrogens is 10. The fraction of sp³-hybridized carbons (Fsp3) is 0.281. The molecule has 14 heteroatoms. The number of hydrogen-bond acceptors (Lipinski definition) is 8. The number of aliphatic carboxylic acids is 1. The summed E-state index contributed by atoms with van der Waals surface area (Å²) in [5, 5.41) is 9.05. The summed E-state index contributed by atoms with van der Waals surface area (Å²) in [5.74, 6) is 0.877. The molecule has 13 nitrogen and oxygen atoms in total. The van der Waals surface area contributed by atoms with Gasteiger partial charge in [0.2, 0.25) is 0 Å². The Balaban J connectivity index is 0.000000165. The summed E-state index contributed by atoms with van der Waals surface area (Å²) in [6, 6.07) is 9.73. The Labute approximate surface area is 280 Å². The number of nitrogens with zero attached hydrogens (tertiary/aromatic N) is 11. The molecule has 46 heavy (non-hydrogen) atoms. The normalized spacial score (nSPS) is 12.7. The molecule has 0 saturated carbocycles. The van der Waals surface area contributed by atoms with Crippen molar-refractivity contribution in [2.24, 2.45) is 34.1 Å². The van der Waals surface area contributed by atoms with Crippen molar-refractivity contribution >= 4 is 11.7 Å². The van der Waals surface area contributed by atoms with Crippen molar-refractivity contribution in [1.82, 2.24) is 48.2 Å². The van der Waals surface area contributed by atoms with E-state index in [4.69, 9.17) is 5.11 Å². The van der Waals surface area contributed by atoms with Gasteiger partial charge in [0.15, 0.2) is 0 Å². The minimum Gasteiger partial charge on any atom is -0.481 e. The quantitative estimate of drug-likeness (QED) is 0.259. The van der Waals surface area contributed by atoms with E-state index in [2.05, 4.69) is 47.2 Å². The summed E-state index contributed by atoms with van der Waals surface area (Å²) in [4.78, 5) is 38.1. The fourth-order valence-corrected chi connectivity index (χ4v) is 4.88. The number of aryl methyl sites for hydroxylation is 4. The van der Waals surface area contributed by atoms with E-state index in [1.54, 1.807) is 37.4 Å². The van der Waals surface area contributed by atoms with Crippen molar-refractivity contribution in [2.75, 3.05) is 18.0 Å². The third-order valence-electron chi connectivity index (χ3n) is 7.45. The molecule has 0 amide bonds. The first-order chi connectivity index (χ1) is 21.8. The Bertz CT molecular complexity index is 1660. The molecule has 7 rings (SSSR count). The van der Waals surface area contributed by atoms with Crippen LogP contribution in [0.15, 0.2) is 80.2 Å². The van der Waals surface area contributed by atoms with Gasteiger partial charge in [-0.3, -0.25) is 24.7 Å². The zero-order valence-electron chi connectivity index (χ0n) is 26.0. The largest absolute Gasteiger partial charge is 2.00 e. The first kappa shape index (κ1) is 33.9. The van der Waals surface area contributed by atoms with Gasteiger partial charge in [-0.25, -0.2) is 0 Å². The van der Waals surface area contributed by atoms with Gasteiger partial charge < -0.3 is 38.2 Å². The molecule has 0 spiro atoms. The number of carboxylic acid groups (broad SMARTS) is 1. The molecule has 0 atom stereocenters. The van der Waals surface area contributed by atoms with Gasteiger partial charge in [-0.15, -0.1) is 0 Å². The Morgan fingerprint density at radius 3 is 1.74 bits per heavy atom. The molecule has 7 heterocycles. The van der Waals surface area contributed by atoms with Gasteiger partial charge in [-0.1, -0.05) is 18.5 Å². The molecule has 1 aliphatic rings. The van der Waals surface area contributed by atoms with Gasteiger partial charge in [0.05, 0.1) is 29.0 Å². The zero-order chi connectivity index (χ0) is 31.8. The predicted molar refractivity (Wildman–Crippen MR) is 169 cm³/mol. The summed E-state index contributed by atoms with van der Waals surface area (Å²) in [7, 11) is 7.74. The van der Waals surface area contributed by atoms with Gasteiger partial charge in [-0.05, 0) is 75.2 Å². The van der Waals surface area contributed by atoms with Crippen LogP contribution in [0, 0.1) is 18.3 Å². The molecule has 6 aromatic rings. The fourth-order valence-electron chi connectivity index (χ4n) is 4.88. The average molecular weight is 796 g/mol. The summed E-state index contributed by atoms with van der Waals surface area (Å²) >= 11 is 0. The molecule has 1 aliphatic heterocycles.